The van der Waals surface area contributed by atoms with Gasteiger partial charge in [0.1, 0.15) is 11.9 Å². The predicted molar refractivity (Wildman–Crippen MR) is 124 cm³/mol. The first-order chi connectivity index (χ1) is 16.1. The standard InChI is InChI=1S/C25H22N6O2/c1-27-25(33)21(7-5-16-3-2-4-17(13-16)15-26)31-24(32)19-6-8-20-22(14-19)30-23(29-20)18-9-11-28-12-10-18/h2-4,6,8-14,21H,5,7H2,1H3,(H,27,33)(H,29,30)(H,31,32). The number of nitrogens with zero attached hydrogens (tertiary/aromatic N) is 3. The molecule has 0 spiro atoms. The van der Waals surface area contributed by atoms with E-state index in [1.165, 1.54) is 7.05 Å². The topological polar surface area (TPSA) is 124 Å². The first kappa shape index (κ1) is 21.7. The zero-order valence-electron chi connectivity index (χ0n) is 18.0. The molecule has 0 aliphatic carbocycles. The Morgan fingerprint density at radius 3 is 2.70 bits per heavy atom. The fraction of sp³-hybridized carbons (Fsp3) is 0.160. The highest BCUT2D eigenvalue weighted by Crippen LogP contribution is 2.21. The number of rotatable bonds is 7. The number of imidazole rings is 1. The minimum absolute atomic E-state index is 0.276. The summed E-state index contributed by atoms with van der Waals surface area (Å²) in [6.45, 7) is 0. The third-order valence-electron chi connectivity index (χ3n) is 5.34. The van der Waals surface area contributed by atoms with Gasteiger partial charge < -0.3 is 15.6 Å². The van der Waals surface area contributed by atoms with Crippen molar-refractivity contribution in [3.8, 4) is 17.5 Å². The fourth-order valence-electron chi connectivity index (χ4n) is 3.59. The molecule has 0 saturated heterocycles. The molecule has 4 rings (SSSR count). The van der Waals surface area contributed by atoms with Crippen LogP contribution in [-0.4, -0.2) is 39.9 Å². The number of benzene rings is 2. The van der Waals surface area contributed by atoms with Crippen molar-refractivity contribution in [1.82, 2.24) is 25.6 Å². The largest absolute Gasteiger partial charge is 0.357 e. The molecule has 0 aliphatic rings. The molecule has 2 aromatic carbocycles. The number of aromatic nitrogens is 3. The van der Waals surface area contributed by atoms with Gasteiger partial charge in [-0.05, 0) is 60.9 Å². The first-order valence-electron chi connectivity index (χ1n) is 10.5. The van der Waals surface area contributed by atoms with Crippen LogP contribution in [0, 0.1) is 11.3 Å². The summed E-state index contributed by atoms with van der Waals surface area (Å²) < 4.78 is 0. The lowest BCUT2D eigenvalue weighted by Crippen LogP contribution is -2.46. The lowest BCUT2D eigenvalue weighted by atomic mass is 10.0. The summed E-state index contributed by atoms with van der Waals surface area (Å²) in [5.74, 6) is 0.0616. The van der Waals surface area contributed by atoms with Gasteiger partial charge in [0.05, 0.1) is 22.7 Å². The van der Waals surface area contributed by atoms with E-state index in [2.05, 4.69) is 31.7 Å². The molecule has 4 aromatic rings. The Balaban J connectivity index is 1.50. The number of fused-ring (bicyclic) bond motifs is 1. The zero-order valence-corrected chi connectivity index (χ0v) is 18.0. The average molecular weight is 438 g/mol. The van der Waals surface area contributed by atoms with Crippen molar-refractivity contribution in [2.75, 3.05) is 7.05 Å². The molecule has 0 saturated carbocycles. The maximum absolute atomic E-state index is 12.9. The quantitative estimate of drug-likeness (QED) is 0.409. The summed E-state index contributed by atoms with van der Waals surface area (Å²) >= 11 is 0. The van der Waals surface area contributed by atoms with Crippen LogP contribution in [0.3, 0.4) is 0 Å². The number of carbonyl (C=O) groups excluding carboxylic acids is 2. The molecule has 0 fully saturated rings. The SMILES string of the molecule is CNC(=O)C(CCc1cccc(C#N)c1)NC(=O)c1ccc2nc(-c3ccncc3)[nH]c2c1. The number of hydrogen-bond acceptors (Lipinski definition) is 5. The zero-order chi connectivity index (χ0) is 23.2. The first-order valence-corrected chi connectivity index (χ1v) is 10.5. The van der Waals surface area contributed by atoms with Gasteiger partial charge in [-0.25, -0.2) is 4.98 Å². The smallest absolute Gasteiger partial charge is 0.252 e. The van der Waals surface area contributed by atoms with Crippen molar-refractivity contribution < 1.29 is 9.59 Å². The van der Waals surface area contributed by atoms with Crippen molar-refractivity contribution in [2.24, 2.45) is 0 Å². The van der Waals surface area contributed by atoms with Gasteiger partial charge in [0.2, 0.25) is 5.91 Å². The number of aryl methyl sites for hydroxylation is 1. The van der Waals surface area contributed by atoms with E-state index in [9.17, 15) is 9.59 Å². The van der Waals surface area contributed by atoms with Gasteiger partial charge >= 0.3 is 0 Å². The molecular formula is C25H22N6O2. The van der Waals surface area contributed by atoms with Crippen LogP contribution in [0.25, 0.3) is 22.4 Å². The third kappa shape index (κ3) is 5.05. The van der Waals surface area contributed by atoms with Crippen LogP contribution in [0.15, 0.2) is 67.0 Å². The molecule has 2 heterocycles. The van der Waals surface area contributed by atoms with Gasteiger partial charge in [0, 0.05) is 30.6 Å². The van der Waals surface area contributed by atoms with E-state index in [-0.39, 0.29) is 11.8 Å². The number of amides is 2. The van der Waals surface area contributed by atoms with Crippen molar-refractivity contribution in [2.45, 2.75) is 18.9 Å². The van der Waals surface area contributed by atoms with E-state index in [0.29, 0.717) is 29.8 Å². The maximum atomic E-state index is 12.9. The molecule has 8 heteroatoms. The molecule has 0 bridgehead atoms. The van der Waals surface area contributed by atoms with Gasteiger partial charge in [-0.1, -0.05) is 12.1 Å². The van der Waals surface area contributed by atoms with E-state index >= 15 is 0 Å². The van der Waals surface area contributed by atoms with Crippen LogP contribution in [0.5, 0.6) is 0 Å². The number of H-pyrrole nitrogens is 1. The Labute approximate surface area is 190 Å². The Bertz CT molecular complexity index is 1340. The number of nitrogens with one attached hydrogen (secondary N) is 3. The molecule has 0 aliphatic heterocycles. The van der Waals surface area contributed by atoms with Crippen LogP contribution in [-0.2, 0) is 11.2 Å². The number of likely N-dealkylation sites (N-methyl/N-ethyl adjacent to an activating group) is 1. The van der Waals surface area contributed by atoms with Crippen LogP contribution < -0.4 is 10.6 Å². The van der Waals surface area contributed by atoms with Gasteiger partial charge in [-0.2, -0.15) is 5.26 Å². The van der Waals surface area contributed by atoms with E-state index in [0.717, 1.165) is 22.2 Å². The normalized spacial score (nSPS) is 11.5. The summed E-state index contributed by atoms with van der Waals surface area (Å²) in [5, 5.41) is 14.5. The van der Waals surface area contributed by atoms with Crippen molar-refractivity contribution in [3.63, 3.8) is 0 Å². The molecule has 2 aromatic heterocycles. The van der Waals surface area contributed by atoms with Gasteiger partial charge in [0.15, 0.2) is 0 Å². The minimum atomic E-state index is -0.710. The molecule has 0 radical (unpaired) electrons. The Morgan fingerprint density at radius 1 is 1.12 bits per heavy atom. The molecule has 3 N–H and O–H groups in total. The van der Waals surface area contributed by atoms with E-state index in [1.807, 2.05) is 18.2 Å². The Kier molecular flexibility index (Phi) is 6.41. The molecule has 164 valence electrons. The molecule has 1 unspecified atom stereocenters. The molecule has 8 nitrogen and oxygen atoms in total. The number of aromatic amines is 1. The van der Waals surface area contributed by atoms with E-state index in [1.54, 1.807) is 48.8 Å². The lowest BCUT2D eigenvalue weighted by Gasteiger charge is -2.17. The Morgan fingerprint density at radius 2 is 1.94 bits per heavy atom. The Hall–Kier alpha value is -4.51. The van der Waals surface area contributed by atoms with E-state index < -0.39 is 6.04 Å². The highest BCUT2D eigenvalue weighted by Gasteiger charge is 2.21. The summed E-state index contributed by atoms with van der Waals surface area (Å²) in [4.78, 5) is 37.1. The summed E-state index contributed by atoms with van der Waals surface area (Å²) in [6, 6.07) is 17.5. The third-order valence-corrected chi connectivity index (χ3v) is 5.34. The second kappa shape index (κ2) is 9.75. The second-order valence-electron chi connectivity index (χ2n) is 7.54. The summed E-state index contributed by atoms with van der Waals surface area (Å²) in [5.41, 5.74) is 4.27. The highest BCUT2D eigenvalue weighted by atomic mass is 16.2. The van der Waals surface area contributed by atoms with Crippen LogP contribution in [0.4, 0.5) is 0 Å². The molecule has 1 atom stereocenters. The van der Waals surface area contributed by atoms with Gasteiger partial charge in [0.25, 0.3) is 5.91 Å². The summed E-state index contributed by atoms with van der Waals surface area (Å²) in [6.07, 6.45) is 4.33. The second-order valence-corrected chi connectivity index (χ2v) is 7.54. The van der Waals surface area contributed by atoms with Crippen LogP contribution in [0.2, 0.25) is 0 Å². The lowest BCUT2D eigenvalue weighted by molar-refractivity contribution is -0.122. The van der Waals surface area contributed by atoms with E-state index in [4.69, 9.17) is 5.26 Å². The van der Waals surface area contributed by atoms with Crippen LogP contribution >= 0.6 is 0 Å². The van der Waals surface area contributed by atoms with Gasteiger partial charge in [-0.3, -0.25) is 14.6 Å². The number of carbonyl (C=O) groups is 2. The highest BCUT2D eigenvalue weighted by molar-refractivity contribution is 6.00. The minimum Gasteiger partial charge on any atom is -0.357 e. The number of pyridine rings is 1. The summed E-state index contributed by atoms with van der Waals surface area (Å²) in [7, 11) is 1.54. The molecule has 33 heavy (non-hydrogen) atoms. The number of nitriles is 1. The average Bonchev–Trinajstić information content (AvgIpc) is 3.30. The maximum Gasteiger partial charge on any atom is 0.252 e. The molecular weight excluding hydrogens is 416 g/mol. The van der Waals surface area contributed by atoms with Crippen molar-refractivity contribution in [3.05, 3.63) is 83.7 Å². The predicted octanol–water partition coefficient (Wildman–Crippen LogP) is 2.97. The molecule has 2 amide bonds. The van der Waals surface area contributed by atoms with Crippen molar-refractivity contribution in [1.29, 1.82) is 5.26 Å². The fourth-order valence-corrected chi connectivity index (χ4v) is 3.59. The number of hydrogen-bond donors (Lipinski definition) is 3. The van der Waals surface area contributed by atoms with Crippen LogP contribution in [0.1, 0.15) is 27.9 Å². The van der Waals surface area contributed by atoms with Crippen molar-refractivity contribution >= 4 is 22.8 Å². The monoisotopic (exact) mass is 438 g/mol. The van der Waals surface area contributed by atoms with Gasteiger partial charge in [-0.15, -0.1) is 0 Å².